The Labute approximate surface area is 169 Å². The SMILES string of the molecule is Cl.NC1=NC(Nc2cccc(F)c2)N(c2ccccc2)C(N2CCOCC2)=N1. The van der Waals surface area contributed by atoms with Crippen LogP contribution in [0.15, 0.2) is 64.6 Å². The molecule has 1 saturated heterocycles. The molecule has 2 heterocycles. The topological polar surface area (TPSA) is 78.5 Å². The summed E-state index contributed by atoms with van der Waals surface area (Å²) in [6.07, 6.45) is -0.551. The molecule has 4 rings (SSSR count). The van der Waals surface area contributed by atoms with Crippen molar-refractivity contribution < 1.29 is 9.13 Å². The van der Waals surface area contributed by atoms with E-state index in [9.17, 15) is 4.39 Å². The van der Waals surface area contributed by atoms with Crippen molar-refractivity contribution in [1.82, 2.24) is 4.90 Å². The molecule has 1 atom stereocenters. The minimum atomic E-state index is -0.551. The zero-order chi connectivity index (χ0) is 18.6. The van der Waals surface area contributed by atoms with E-state index in [1.54, 1.807) is 12.1 Å². The van der Waals surface area contributed by atoms with Crippen LogP contribution in [0.1, 0.15) is 0 Å². The number of aliphatic imine (C=N–C) groups is 2. The number of morpholine rings is 1. The molecule has 2 aromatic carbocycles. The number of para-hydroxylation sites is 1. The number of anilines is 2. The average molecular weight is 405 g/mol. The summed E-state index contributed by atoms with van der Waals surface area (Å²) >= 11 is 0. The monoisotopic (exact) mass is 404 g/mol. The molecule has 1 fully saturated rings. The summed E-state index contributed by atoms with van der Waals surface area (Å²) in [6, 6.07) is 16.1. The maximum atomic E-state index is 13.6. The molecule has 9 heteroatoms. The van der Waals surface area contributed by atoms with Crippen LogP contribution in [0, 0.1) is 5.82 Å². The van der Waals surface area contributed by atoms with E-state index in [1.807, 2.05) is 35.2 Å². The average Bonchev–Trinajstić information content (AvgIpc) is 2.69. The molecule has 2 aliphatic heterocycles. The molecular weight excluding hydrogens is 383 g/mol. The normalized spacial score (nSPS) is 19.4. The summed E-state index contributed by atoms with van der Waals surface area (Å²) in [7, 11) is 0. The zero-order valence-corrected chi connectivity index (χ0v) is 16.0. The lowest BCUT2D eigenvalue weighted by atomic mass is 10.2. The van der Waals surface area contributed by atoms with Gasteiger partial charge in [-0.25, -0.2) is 9.38 Å². The van der Waals surface area contributed by atoms with Gasteiger partial charge >= 0.3 is 0 Å². The number of ether oxygens (including phenoxy) is 1. The van der Waals surface area contributed by atoms with Gasteiger partial charge in [0.15, 0.2) is 0 Å². The second-order valence-electron chi connectivity index (χ2n) is 6.23. The van der Waals surface area contributed by atoms with Crippen LogP contribution < -0.4 is 16.0 Å². The fourth-order valence-corrected chi connectivity index (χ4v) is 3.13. The van der Waals surface area contributed by atoms with E-state index in [2.05, 4.69) is 20.2 Å². The molecule has 0 radical (unpaired) electrons. The minimum absolute atomic E-state index is 0. The molecule has 0 spiro atoms. The Hall–Kier alpha value is -2.84. The summed E-state index contributed by atoms with van der Waals surface area (Å²) in [4.78, 5) is 13.0. The van der Waals surface area contributed by atoms with Crippen molar-refractivity contribution in [3.63, 3.8) is 0 Å². The van der Waals surface area contributed by atoms with Crippen molar-refractivity contribution >= 4 is 35.7 Å². The smallest absolute Gasteiger partial charge is 0.222 e. The first kappa shape index (κ1) is 19.9. The summed E-state index contributed by atoms with van der Waals surface area (Å²) < 4.78 is 19.1. The fraction of sp³-hybridized carbons (Fsp3) is 0.263. The lowest BCUT2D eigenvalue weighted by molar-refractivity contribution is 0.0671. The Morgan fingerprint density at radius 1 is 1.07 bits per heavy atom. The van der Waals surface area contributed by atoms with E-state index in [0.29, 0.717) is 38.0 Å². The third kappa shape index (κ3) is 4.35. The molecule has 2 aromatic rings. The van der Waals surface area contributed by atoms with E-state index in [1.165, 1.54) is 12.1 Å². The van der Waals surface area contributed by atoms with Gasteiger partial charge in [-0.3, -0.25) is 4.90 Å². The van der Waals surface area contributed by atoms with Gasteiger partial charge in [0.05, 0.1) is 13.2 Å². The number of hydrogen-bond acceptors (Lipinski definition) is 7. The zero-order valence-electron chi connectivity index (χ0n) is 15.2. The molecule has 7 nitrogen and oxygen atoms in total. The van der Waals surface area contributed by atoms with Crippen molar-refractivity contribution in [2.45, 2.75) is 6.29 Å². The predicted molar refractivity (Wildman–Crippen MR) is 111 cm³/mol. The number of benzene rings is 2. The highest BCUT2D eigenvalue weighted by molar-refractivity contribution is 6.05. The highest BCUT2D eigenvalue weighted by Gasteiger charge is 2.31. The van der Waals surface area contributed by atoms with Gasteiger partial charge in [-0.2, -0.15) is 4.99 Å². The van der Waals surface area contributed by atoms with E-state index >= 15 is 0 Å². The van der Waals surface area contributed by atoms with Crippen LogP contribution >= 0.6 is 12.4 Å². The third-order valence-corrected chi connectivity index (χ3v) is 4.38. The Bertz CT molecular complexity index is 857. The van der Waals surface area contributed by atoms with Crippen LogP contribution in [-0.4, -0.2) is 49.4 Å². The van der Waals surface area contributed by atoms with Gasteiger partial charge in [0.1, 0.15) is 5.82 Å². The molecule has 0 aromatic heterocycles. The van der Waals surface area contributed by atoms with E-state index in [-0.39, 0.29) is 24.2 Å². The van der Waals surface area contributed by atoms with Crippen LogP contribution in [0.2, 0.25) is 0 Å². The van der Waals surface area contributed by atoms with E-state index in [4.69, 9.17) is 10.5 Å². The lowest BCUT2D eigenvalue weighted by Crippen LogP contribution is -2.57. The molecule has 3 N–H and O–H groups in total. The number of halogens is 2. The van der Waals surface area contributed by atoms with Gasteiger partial charge in [0, 0.05) is 24.5 Å². The van der Waals surface area contributed by atoms with Gasteiger partial charge in [0.2, 0.25) is 18.2 Å². The molecular formula is C19H22ClFN6O. The third-order valence-electron chi connectivity index (χ3n) is 4.38. The van der Waals surface area contributed by atoms with Crippen LogP contribution in [0.4, 0.5) is 15.8 Å². The van der Waals surface area contributed by atoms with E-state index in [0.717, 1.165) is 5.69 Å². The van der Waals surface area contributed by atoms with Gasteiger partial charge < -0.3 is 20.7 Å². The van der Waals surface area contributed by atoms with Gasteiger partial charge in [-0.1, -0.05) is 24.3 Å². The first-order chi connectivity index (χ1) is 13.2. The number of guanidine groups is 2. The first-order valence-corrected chi connectivity index (χ1v) is 8.82. The van der Waals surface area contributed by atoms with Gasteiger partial charge in [-0.05, 0) is 30.3 Å². The van der Waals surface area contributed by atoms with Crippen molar-refractivity contribution in [3.05, 3.63) is 60.4 Å². The molecule has 0 amide bonds. The van der Waals surface area contributed by atoms with Crippen molar-refractivity contribution in [2.24, 2.45) is 15.7 Å². The van der Waals surface area contributed by atoms with Crippen LogP contribution in [0.3, 0.4) is 0 Å². The van der Waals surface area contributed by atoms with Crippen LogP contribution in [0.25, 0.3) is 0 Å². The number of rotatable bonds is 3. The first-order valence-electron chi connectivity index (χ1n) is 8.82. The quantitative estimate of drug-likeness (QED) is 0.821. The maximum absolute atomic E-state index is 13.6. The van der Waals surface area contributed by atoms with Crippen molar-refractivity contribution in [2.75, 3.05) is 36.5 Å². The highest BCUT2D eigenvalue weighted by atomic mass is 35.5. The standard InChI is InChI=1S/C19H21FN6O.ClH/c20-14-5-4-6-15(13-14)22-18-23-17(21)24-19(25-9-11-27-12-10-25)26(18)16-7-2-1-3-8-16;/h1-8,13,18,22H,9-12H2,(H2,21,23);1H. The Morgan fingerprint density at radius 3 is 2.54 bits per heavy atom. The predicted octanol–water partition coefficient (Wildman–Crippen LogP) is 2.47. The molecule has 0 bridgehead atoms. The van der Waals surface area contributed by atoms with Crippen LogP contribution in [0.5, 0.6) is 0 Å². The Balaban J connectivity index is 0.00000225. The van der Waals surface area contributed by atoms with Gasteiger partial charge in [0.25, 0.3) is 0 Å². The molecule has 1 unspecified atom stereocenters. The van der Waals surface area contributed by atoms with Crippen molar-refractivity contribution in [1.29, 1.82) is 0 Å². The molecule has 0 aliphatic carbocycles. The molecule has 28 heavy (non-hydrogen) atoms. The van der Waals surface area contributed by atoms with E-state index < -0.39 is 6.29 Å². The number of hydrogen-bond donors (Lipinski definition) is 2. The minimum Gasteiger partial charge on any atom is -0.378 e. The second-order valence-corrected chi connectivity index (χ2v) is 6.23. The summed E-state index contributed by atoms with van der Waals surface area (Å²) in [6.45, 7) is 2.67. The van der Waals surface area contributed by atoms with Crippen molar-refractivity contribution in [3.8, 4) is 0 Å². The fourth-order valence-electron chi connectivity index (χ4n) is 3.13. The van der Waals surface area contributed by atoms with Gasteiger partial charge in [-0.15, -0.1) is 12.4 Å². The van der Waals surface area contributed by atoms with Crippen LogP contribution in [-0.2, 0) is 4.74 Å². The second kappa shape index (κ2) is 8.90. The summed E-state index contributed by atoms with van der Waals surface area (Å²) in [5.41, 5.74) is 7.53. The number of nitrogens with two attached hydrogens (primary N) is 1. The molecule has 0 saturated carbocycles. The summed E-state index contributed by atoms with van der Waals surface area (Å²) in [5, 5.41) is 3.25. The molecule has 2 aliphatic rings. The Kier molecular flexibility index (Phi) is 6.33. The summed E-state index contributed by atoms with van der Waals surface area (Å²) in [5.74, 6) is 0.560. The highest BCUT2D eigenvalue weighted by Crippen LogP contribution is 2.24. The maximum Gasteiger partial charge on any atom is 0.222 e. The largest absolute Gasteiger partial charge is 0.378 e. The number of nitrogens with zero attached hydrogens (tertiary/aromatic N) is 4. The molecule has 148 valence electrons. The number of nitrogens with one attached hydrogen (secondary N) is 1. The lowest BCUT2D eigenvalue weighted by Gasteiger charge is -2.41. The Morgan fingerprint density at radius 2 is 1.82 bits per heavy atom.